The third-order valence-electron chi connectivity index (χ3n) is 3.11. The van der Waals surface area contributed by atoms with Crippen LogP contribution in [0, 0.1) is 5.92 Å². The lowest BCUT2D eigenvalue weighted by Gasteiger charge is -2.21. The smallest absolute Gasteiger partial charge is 0.229 e. The molecule has 1 saturated heterocycles. The molecule has 1 atom stereocenters. The Morgan fingerprint density at radius 2 is 2.05 bits per heavy atom. The Morgan fingerprint density at radius 3 is 2.55 bits per heavy atom. The number of benzene rings is 1. The Bertz CT molecular complexity index is 515. The van der Waals surface area contributed by atoms with Crippen molar-refractivity contribution in [1.82, 2.24) is 5.32 Å². The summed E-state index contributed by atoms with van der Waals surface area (Å²) in [5.41, 5.74) is 0.503. The van der Waals surface area contributed by atoms with Crippen molar-refractivity contribution < 1.29 is 14.3 Å². The Balaban J connectivity index is 2.06. The van der Waals surface area contributed by atoms with Gasteiger partial charge in [-0.2, -0.15) is 0 Å². The predicted octanol–water partition coefficient (Wildman–Crippen LogP) is 2.47. The Kier molecular flexibility index (Phi) is 4.73. The van der Waals surface area contributed by atoms with E-state index < -0.39 is 0 Å². The molecule has 1 unspecified atom stereocenters. The van der Waals surface area contributed by atoms with Crippen molar-refractivity contribution in [3.05, 3.63) is 22.2 Å². The molecule has 5 nitrogen and oxygen atoms in total. The van der Waals surface area contributed by atoms with E-state index in [1.165, 1.54) is 7.11 Å². The van der Waals surface area contributed by atoms with Crippen molar-refractivity contribution in [2.24, 2.45) is 5.92 Å². The first-order chi connectivity index (χ1) is 9.51. The number of anilines is 1. The highest BCUT2D eigenvalue weighted by Gasteiger charge is 2.24. The zero-order chi connectivity index (χ0) is 14.7. The topological polar surface area (TPSA) is 67.4 Å². The van der Waals surface area contributed by atoms with Crippen LogP contribution < -0.4 is 15.4 Å². The fraction of sp³-hybridized carbons (Fsp3) is 0.385. The minimum Gasteiger partial charge on any atom is -0.494 e. The zero-order valence-electron chi connectivity index (χ0n) is 10.8. The average molecular weight is 317 g/mol. The van der Waals surface area contributed by atoms with Crippen LogP contribution in [0.1, 0.15) is 12.8 Å². The maximum absolute atomic E-state index is 12.1. The Morgan fingerprint density at radius 1 is 1.40 bits per heavy atom. The molecule has 2 amide bonds. The van der Waals surface area contributed by atoms with Gasteiger partial charge in [0.2, 0.25) is 11.8 Å². The molecule has 2 N–H and O–H groups in total. The van der Waals surface area contributed by atoms with Gasteiger partial charge < -0.3 is 15.4 Å². The molecule has 1 aromatic carbocycles. The van der Waals surface area contributed by atoms with E-state index in [0.29, 0.717) is 40.9 Å². The van der Waals surface area contributed by atoms with Gasteiger partial charge >= 0.3 is 0 Å². The predicted molar refractivity (Wildman–Crippen MR) is 77.4 cm³/mol. The average Bonchev–Trinajstić information content (AvgIpc) is 2.39. The van der Waals surface area contributed by atoms with Crippen LogP contribution in [0.25, 0.3) is 0 Å². The molecule has 20 heavy (non-hydrogen) atoms. The number of hydrogen-bond donors (Lipinski definition) is 2. The second kappa shape index (κ2) is 6.33. The number of amides is 2. The molecule has 2 rings (SSSR count). The molecule has 0 spiro atoms. The number of carbonyl (C=O) groups excluding carboxylic acids is 2. The van der Waals surface area contributed by atoms with E-state index in [0.717, 1.165) is 0 Å². The van der Waals surface area contributed by atoms with Gasteiger partial charge in [-0.05, 0) is 18.6 Å². The van der Waals surface area contributed by atoms with Gasteiger partial charge in [-0.1, -0.05) is 23.2 Å². The first-order valence-electron chi connectivity index (χ1n) is 6.12. The van der Waals surface area contributed by atoms with E-state index in [1.54, 1.807) is 12.1 Å². The molecule has 0 aliphatic carbocycles. The zero-order valence-corrected chi connectivity index (χ0v) is 12.3. The molecule has 1 aliphatic rings. The first-order valence-corrected chi connectivity index (χ1v) is 6.87. The van der Waals surface area contributed by atoms with Gasteiger partial charge in [0.05, 0.1) is 23.1 Å². The van der Waals surface area contributed by atoms with E-state index >= 15 is 0 Å². The summed E-state index contributed by atoms with van der Waals surface area (Å²) in [5, 5.41) is 6.06. The van der Waals surface area contributed by atoms with Crippen LogP contribution in [0.15, 0.2) is 12.1 Å². The summed E-state index contributed by atoms with van der Waals surface area (Å²) in [4.78, 5) is 23.1. The highest BCUT2D eigenvalue weighted by atomic mass is 35.5. The number of rotatable bonds is 3. The largest absolute Gasteiger partial charge is 0.494 e. The van der Waals surface area contributed by atoms with Gasteiger partial charge in [-0.25, -0.2) is 0 Å². The molecule has 7 heteroatoms. The fourth-order valence-electron chi connectivity index (χ4n) is 2.03. The van der Waals surface area contributed by atoms with Crippen molar-refractivity contribution in [1.29, 1.82) is 0 Å². The standard InChI is InChI=1S/C13H14Cl2N2O3/c1-20-12-9(14)4-8(5-10(12)15)17-13(19)7-2-3-11(18)16-6-7/h4-5,7H,2-3,6H2,1H3,(H,16,18)(H,17,19). The fourth-order valence-corrected chi connectivity index (χ4v) is 2.67. The summed E-state index contributed by atoms with van der Waals surface area (Å²) in [7, 11) is 1.47. The highest BCUT2D eigenvalue weighted by Crippen LogP contribution is 2.35. The molecule has 1 aliphatic heterocycles. The molecule has 108 valence electrons. The van der Waals surface area contributed by atoms with Crippen LogP contribution in [0.5, 0.6) is 5.75 Å². The van der Waals surface area contributed by atoms with Gasteiger partial charge in [0.15, 0.2) is 5.75 Å². The molecule has 0 saturated carbocycles. The second-order valence-corrected chi connectivity index (χ2v) is 5.32. The minimum atomic E-state index is -0.243. The number of nitrogens with one attached hydrogen (secondary N) is 2. The number of hydrogen-bond acceptors (Lipinski definition) is 3. The third-order valence-corrected chi connectivity index (χ3v) is 3.67. The van der Waals surface area contributed by atoms with Crippen LogP contribution in [0.3, 0.4) is 0 Å². The highest BCUT2D eigenvalue weighted by molar-refractivity contribution is 6.37. The van der Waals surface area contributed by atoms with Gasteiger partial charge in [0.1, 0.15) is 0 Å². The van der Waals surface area contributed by atoms with Crippen molar-refractivity contribution >= 4 is 40.7 Å². The van der Waals surface area contributed by atoms with E-state index in [9.17, 15) is 9.59 Å². The normalized spacial score (nSPS) is 18.4. The van der Waals surface area contributed by atoms with Gasteiger partial charge in [0, 0.05) is 18.7 Å². The van der Waals surface area contributed by atoms with Gasteiger partial charge in [-0.3, -0.25) is 9.59 Å². The molecular formula is C13H14Cl2N2O3. The van der Waals surface area contributed by atoms with Crippen molar-refractivity contribution in [2.45, 2.75) is 12.8 Å². The first kappa shape index (κ1) is 14.9. The van der Waals surface area contributed by atoms with Crippen molar-refractivity contribution in [3.8, 4) is 5.75 Å². The monoisotopic (exact) mass is 316 g/mol. The molecule has 0 bridgehead atoms. The maximum atomic E-state index is 12.1. The maximum Gasteiger partial charge on any atom is 0.229 e. The van der Waals surface area contributed by atoms with Crippen molar-refractivity contribution in [3.63, 3.8) is 0 Å². The summed E-state index contributed by atoms with van der Waals surface area (Å²) in [6.07, 6.45) is 0.900. The Hall–Kier alpha value is -1.46. The van der Waals surface area contributed by atoms with Gasteiger partial charge in [0.25, 0.3) is 0 Å². The third kappa shape index (κ3) is 3.35. The van der Waals surface area contributed by atoms with Crippen LogP contribution in [0.4, 0.5) is 5.69 Å². The van der Waals surface area contributed by atoms with Crippen LogP contribution in [0.2, 0.25) is 10.0 Å². The lowest BCUT2D eigenvalue weighted by molar-refractivity contribution is -0.126. The van der Waals surface area contributed by atoms with E-state index in [1.807, 2.05) is 0 Å². The summed E-state index contributed by atoms with van der Waals surface area (Å²) in [5.74, 6) is -0.0597. The molecule has 1 heterocycles. The van der Waals surface area contributed by atoms with E-state index in [2.05, 4.69) is 10.6 Å². The van der Waals surface area contributed by atoms with Crippen LogP contribution in [-0.2, 0) is 9.59 Å². The summed E-state index contributed by atoms with van der Waals surface area (Å²) < 4.78 is 5.04. The van der Waals surface area contributed by atoms with E-state index in [4.69, 9.17) is 27.9 Å². The lowest BCUT2D eigenvalue weighted by atomic mass is 9.98. The SMILES string of the molecule is COc1c(Cl)cc(NC(=O)C2CCC(=O)NC2)cc1Cl. The lowest BCUT2D eigenvalue weighted by Crippen LogP contribution is -2.40. The van der Waals surface area contributed by atoms with E-state index in [-0.39, 0.29) is 17.7 Å². The summed E-state index contributed by atoms with van der Waals surface area (Å²) >= 11 is 12.0. The molecule has 0 radical (unpaired) electrons. The Labute approximate surface area is 126 Å². The molecule has 1 fully saturated rings. The summed E-state index contributed by atoms with van der Waals surface area (Å²) in [6.45, 7) is 0.349. The van der Waals surface area contributed by atoms with Crippen molar-refractivity contribution in [2.75, 3.05) is 19.0 Å². The second-order valence-electron chi connectivity index (χ2n) is 4.50. The quantitative estimate of drug-likeness (QED) is 0.900. The van der Waals surface area contributed by atoms with Crippen LogP contribution in [-0.4, -0.2) is 25.5 Å². The number of piperidine rings is 1. The summed E-state index contributed by atoms with van der Waals surface area (Å²) in [6, 6.07) is 3.15. The number of methoxy groups -OCH3 is 1. The van der Waals surface area contributed by atoms with Gasteiger partial charge in [-0.15, -0.1) is 0 Å². The number of carbonyl (C=O) groups is 2. The molecule has 1 aromatic rings. The molecule has 0 aromatic heterocycles. The number of halogens is 2. The van der Waals surface area contributed by atoms with Crippen LogP contribution >= 0.6 is 23.2 Å². The number of ether oxygens (including phenoxy) is 1. The molecular weight excluding hydrogens is 303 g/mol. The minimum absolute atomic E-state index is 0.0235.